The molecule has 2 heterocycles. The molecule has 2 aliphatic heterocycles. The van der Waals surface area contributed by atoms with Gasteiger partial charge >= 0.3 is 6.03 Å². The van der Waals surface area contributed by atoms with E-state index in [2.05, 4.69) is 10.6 Å². The van der Waals surface area contributed by atoms with Crippen molar-refractivity contribution in [2.75, 3.05) is 24.6 Å². The molecule has 1 fully saturated rings. The first kappa shape index (κ1) is 15.5. The molecular formula is C19H19N3O3. The van der Waals surface area contributed by atoms with Gasteiger partial charge in [-0.2, -0.15) is 0 Å². The minimum Gasteiger partial charge on any atom is -0.491 e. The zero-order valence-corrected chi connectivity index (χ0v) is 13.7. The molecule has 0 aromatic heterocycles. The number of rotatable bonds is 3. The van der Waals surface area contributed by atoms with E-state index in [-0.39, 0.29) is 18.0 Å². The highest BCUT2D eigenvalue weighted by Gasteiger charge is 2.24. The van der Waals surface area contributed by atoms with Crippen LogP contribution in [0.5, 0.6) is 5.75 Å². The monoisotopic (exact) mass is 337 g/mol. The molecule has 2 aliphatic rings. The lowest BCUT2D eigenvalue weighted by Gasteiger charge is -2.26. The molecule has 0 saturated carbocycles. The van der Waals surface area contributed by atoms with Gasteiger partial charge in [-0.25, -0.2) is 4.79 Å². The SMILES string of the molecule is O=C(N[C@@H]1COc2ccccc2C1)c1cccc(N2CCNC2=O)c1. The number of anilines is 1. The summed E-state index contributed by atoms with van der Waals surface area (Å²) in [6, 6.07) is 14.8. The van der Waals surface area contributed by atoms with E-state index in [0.717, 1.165) is 23.4 Å². The Morgan fingerprint density at radius 2 is 2.08 bits per heavy atom. The highest BCUT2D eigenvalue weighted by Crippen LogP contribution is 2.24. The number of benzene rings is 2. The fourth-order valence-corrected chi connectivity index (χ4v) is 3.22. The van der Waals surface area contributed by atoms with Crippen molar-refractivity contribution in [3.63, 3.8) is 0 Å². The first-order chi connectivity index (χ1) is 12.2. The maximum absolute atomic E-state index is 12.6. The maximum atomic E-state index is 12.6. The van der Waals surface area contributed by atoms with Gasteiger partial charge in [0.1, 0.15) is 12.4 Å². The largest absolute Gasteiger partial charge is 0.491 e. The highest BCUT2D eigenvalue weighted by molar-refractivity contribution is 5.98. The fraction of sp³-hybridized carbons (Fsp3) is 0.263. The molecule has 1 atom stereocenters. The second-order valence-corrected chi connectivity index (χ2v) is 6.23. The smallest absolute Gasteiger partial charge is 0.321 e. The van der Waals surface area contributed by atoms with Gasteiger partial charge in [-0.15, -0.1) is 0 Å². The summed E-state index contributed by atoms with van der Waals surface area (Å²) in [6.45, 7) is 1.68. The van der Waals surface area contributed by atoms with Crippen LogP contribution < -0.4 is 20.3 Å². The lowest BCUT2D eigenvalue weighted by Crippen LogP contribution is -2.42. The van der Waals surface area contributed by atoms with Crippen molar-refractivity contribution in [1.29, 1.82) is 0 Å². The van der Waals surface area contributed by atoms with E-state index in [9.17, 15) is 9.59 Å². The molecule has 128 valence electrons. The van der Waals surface area contributed by atoms with Crippen molar-refractivity contribution in [3.05, 3.63) is 59.7 Å². The summed E-state index contributed by atoms with van der Waals surface area (Å²) < 4.78 is 5.72. The van der Waals surface area contributed by atoms with Crippen LogP contribution >= 0.6 is 0 Å². The molecule has 0 aliphatic carbocycles. The molecule has 3 amide bonds. The van der Waals surface area contributed by atoms with E-state index in [0.29, 0.717) is 25.3 Å². The number of para-hydroxylation sites is 1. The average Bonchev–Trinajstić information content (AvgIpc) is 3.08. The standard InChI is InChI=1S/C19H19N3O3/c23-18(21-15-10-13-4-1-2-7-17(13)25-12-15)14-5-3-6-16(11-14)22-9-8-20-19(22)24/h1-7,11,15H,8-10,12H2,(H,20,24)(H,21,23)/t15-/m0/s1. The van der Waals surface area contributed by atoms with Crippen LogP contribution in [0.15, 0.2) is 48.5 Å². The molecule has 0 spiro atoms. The van der Waals surface area contributed by atoms with Gasteiger partial charge < -0.3 is 15.4 Å². The Morgan fingerprint density at radius 3 is 2.92 bits per heavy atom. The number of hydrogen-bond donors (Lipinski definition) is 2. The van der Waals surface area contributed by atoms with E-state index in [4.69, 9.17) is 4.74 Å². The second-order valence-electron chi connectivity index (χ2n) is 6.23. The van der Waals surface area contributed by atoms with Crippen LogP contribution in [0, 0.1) is 0 Å². The number of ether oxygens (including phenoxy) is 1. The first-order valence-electron chi connectivity index (χ1n) is 8.38. The van der Waals surface area contributed by atoms with Crippen molar-refractivity contribution in [1.82, 2.24) is 10.6 Å². The molecule has 2 aromatic carbocycles. The molecule has 2 N–H and O–H groups in total. The van der Waals surface area contributed by atoms with E-state index < -0.39 is 0 Å². The summed E-state index contributed by atoms with van der Waals surface area (Å²) in [5.41, 5.74) is 2.37. The quantitative estimate of drug-likeness (QED) is 0.899. The molecule has 25 heavy (non-hydrogen) atoms. The van der Waals surface area contributed by atoms with Crippen LogP contribution in [-0.4, -0.2) is 37.7 Å². The maximum Gasteiger partial charge on any atom is 0.321 e. The van der Waals surface area contributed by atoms with Gasteiger partial charge in [0.15, 0.2) is 0 Å². The molecule has 0 unspecified atom stereocenters. The molecule has 4 rings (SSSR count). The number of fused-ring (bicyclic) bond motifs is 1. The Kier molecular flexibility index (Phi) is 4.01. The predicted molar refractivity (Wildman–Crippen MR) is 94.1 cm³/mol. The van der Waals surface area contributed by atoms with E-state index in [1.807, 2.05) is 30.3 Å². The molecule has 6 nitrogen and oxygen atoms in total. The number of amides is 3. The fourth-order valence-electron chi connectivity index (χ4n) is 3.22. The summed E-state index contributed by atoms with van der Waals surface area (Å²) in [5, 5.41) is 5.78. The molecule has 0 bridgehead atoms. The van der Waals surface area contributed by atoms with Crippen LogP contribution in [0.2, 0.25) is 0 Å². The van der Waals surface area contributed by atoms with Gasteiger partial charge in [0.2, 0.25) is 0 Å². The Bertz CT molecular complexity index is 821. The van der Waals surface area contributed by atoms with E-state index >= 15 is 0 Å². The third kappa shape index (κ3) is 3.15. The molecule has 0 radical (unpaired) electrons. The van der Waals surface area contributed by atoms with Crippen LogP contribution in [0.3, 0.4) is 0 Å². The summed E-state index contributed by atoms with van der Waals surface area (Å²) in [7, 11) is 0. The van der Waals surface area contributed by atoms with Gasteiger partial charge in [-0.05, 0) is 36.2 Å². The minimum absolute atomic E-state index is 0.0684. The number of nitrogens with zero attached hydrogens (tertiary/aromatic N) is 1. The summed E-state index contributed by atoms with van der Waals surface area (Å²) in [6.07, 6.45) is 0.746. The summed E-state index contributed by atoms with van der Waals surface area (Å²) >= 11 is 0. The first-order valence-corrected chi connectivity index (χ1v) is 8.38. The summed E-state index contributed by atoms with van der Waals surface area (Å²) in [4.78, 5) is 26.0. The predicted octanol–water partition coefficient (Wildman–Crippen LogP) is 1.95. The number of nitrogens with one attached hydrogen (secondary N) is 2. The van der Waals surface area contributed by atoms with Gasteiger partial charge in [-0.1, -0.05) is 24.3 Å². The topological polar surface area (TPSA) is 70.7 Å². The second kappa shape index (κ2) is 6.47. The van der Waals surface area contributed by atoms with Crippen LogP contribution in [0.1, 0.15) is 15.9 Å². The zero-order valence-electron chi connectivity index (χ0n) is 13.7. The van der Waals surface area contributed by atoms with Gasteiger partial charge in [-0.3, -0.25) is 9.69 Å². The van der Waals surface area contributed by atoms with Crippen LogP contribution in [0.4, 0.5) is 10.5 Å². The minimum atomic E-state index is -0.158. The van der Waals surface area contributed by atoms with Crippen molar-refractivity contribution < 1.29 is 14.3 Å². The average molecular weight is 337 g/mol. The number of urea groups is 1. The molecule has 6 heteroatoms. The molecular weight excluding hydrogens is 318 g/mol. The van der Waals surface area contributed by atoms with Crippen molar-refractivity contribution in [2.45, 2.75) is 12.5 Å². The van der Waals surface area contributed by atoms with Gasteiger partial charge in [0.25, 0.3) is 5.91 Å². The number of carbonyl (C=O) groups excluding carboxylic acids is 2. The normalized spacial score (nSPS) is 19.0. The van der Waals surface area contributed by atoms with E-state index in [1.54, 1.807) is 23.1 Å². The molecule has 1 saturated heterocycles. The van der Waals surface area contributed by atoms with Gasteiger partial charge in [0.05, 0.1) is 6.04 Å². The van der Waals surface area contributed by atoms with Crippen LogP contribution in [0.25, 0.3) is 0 Å². The number of hydrogen-bond acceptors (Lipinski definition) is 3. The lowest BCUT2D eigenvalue weighted by atomic mass is 10.0. The Hall–Kier alpha value is -3.02. The molecule has 2 aromatic rings. The summed E-state index contributed by atoms with van der Waals surface area (Å²) in [5.74, 6) is 0.726. The van der Waals surface area contributed by atoms with E-state index in [1.165, 1.54) is 0 Å². The highest BCUT2D eigenvalue weighted by atomic mass is 16.5. The van der Waals surface area contributed by atoms with Crippen LogP contribution in [-0.2, 0) is 6.42 Å². The van der Waals surface area contributed by atoms with Gasteiger partial charge in [0, 0.05) is 24.3 Å². The van der Waals surface area contributed by atoms with Crippen molar-refractivity contribution in [3.8, 4) is 5.75 Å². The third-order valence-corrected chi connectivity index (χ3v) is 4.49. The van der Waals surface area contributed by atoms with Crippen molar-refractivity contribution in [2.24, 2.45) is 0 Å². The van der Waals surface area contributed by atoms with Crippen molar-refractivity contribution >= 4 is 17.6 Å². The Labute approximate surface area is 145 Å². The third-order valence-electron chi connectivity index (χ3n) is 4.49. The zero-order chi connectivity index (χ0) is 17.2. The Morgan fingerprint density at radius 1 is 1.20 bits per heavy atom. The number of carbonyl (C=O) groups is 2. The Balaban J connectivity index is 1.46. The lowest BCUT2D eigenvalue weighted by molar-refractivity contribution is 0.0915.